The Hall–Kier alpha value is -6.55. The molecular formula is C59H74N10. The summed E-state index contributed by atoms with van der Waals surface area (Å²) in [5, 5.41) is 0. The van der Waals surface area contributed by atoms with E-state index in [1.54, 1.807) is 0 Å². The van der Waals surface area contributed by atoms with E-state index in [2.05, 4.69) is 141 Å². The maximum Gasteiger partial charge on any atom is 0.144 e. The first-order valence-corrected chi connectivity index (χ1v) is 26.1. The number of aromatic nitrogens is 7. The molecule has 0 aliphatic carbocycles. The zero-order valence-electron chi connectivity index (χ0n) is 42.2. The van der Waals surface area contributed by atoms with E-state index < -0.39 is 0 Å². The lowest BCUT2D eigenvalue weighted by Gasteiger charge is -2.30. The average Bonchev–Trinajstić information content (AvgIpc) is 3.39. The van der Waals surface area contributed by atoms with Gasteiger partial charge in [-0.1, -0.05) is 116 Å². The summed E-state index contributed by atoms with van der Waals surface area (Å²) in [7, 11) is 0. The second-order valence-electron chi connectivity index (χ2n) is 18.3. The van der Waals surface area contributed by atoms with Gasteiger partial charge in [0.25, 0.3) is 0 Å². The van der Waals surface area contributed by atoms with Gasteiger partial charge in [0, 0.05) is 49.3 Å². The van der Waals surface area contributed by atoms with Crippen molar-refractivity contribution in [3.63, 3.8) is 0 Å². The van der Waals surface area contributed by atoms with E-state index in [0.717, 1.165) is 133 Å². The summed E-state index contributed by atoms with van der Waals surface area (Å²) in [4.78, 5) is 42.8. The van der Waals surface area contributed by atoms with Gasteiger partial charge in [0.1, 0.15) is 46.5 Å². The first-order valence-electron chi connectivity index (χ1n) is 26.1. The Balaban J connectivity index is 1.49. The molecule has 0 atom stereocenters. The first-order chi connectivity index (χ1) is 33.9. The van der Waals surface area contributed by atoms with Crippen LogP contribution >= 0.6 is 0 Å². The summed E-state index contributed by atoms with van der Waals surface area (Å²) in [5.41, 5.74) is 8.03. The summed E-state index contributed by atoms with van der Waals surface area (Å²) in [5.74, 6) is 5.60. The van der Waals surface area contributed by atoms with Crippen molar-refractivity contribution in [1.82, 2.24) is 34.9 Å². The molecule has 0 fully saturated rings. The number of nitrogens with zero attached hydrogens (tertiary/aromatic N) is 10. The molecule has 7 aromatic heterocycles. The lowest BCUT2D eigenvalue weighted by atomic mass is 10.1. The van der Waals surface area contributed by atoms with Crippen LogP contribution in [0.5, 0.6) is 0 Å². The van der Waals surface area contributed by atoms with Gasteiger partial charge in [0.15, 0.2) is 0 Å². The molecule has 0 aromatic carbocycles. The summed E-state index contributed by atoms with van der Waals surface area (Å²) >= 11 is 0. The number of pyridine rings is 7. The molecule has 7 heterocycles. The standard InChI is InChI=1S/C59H74N10/c1-7-13-19-45-25-31-52(60-39-45)67(53-32-26-46(40-61-53)20-14-8-2)51-37-58(68(54-33-27-47(41-62-54)21-15-9-3)55-34-28-48(42-63-55)22-16-10-4)66-59(38-51)69(56-35-29-49(43-64-56)23-17-11-5)57-36-30-50(44-65-57)24-18-12-6/h25-44H,7-24H2,1-6H3. The Morgan fingerprint density at radius 1 is 0.275 bits per heavy atom. The minimum absolute atomic E-state index is 0.624. The maximum atomic E-state index is 5.62. The van der Waals surface area contributed by atoms with Gasteiger partial charge in [-0.2, -0.15) is 0 Å². The molecule has 7 aromatic rings. The number of aryl methyl sites for hydroxylation is 6. The third kappa shape index (κ3) is 13.8. The van der Waals surface area contributed by atoms with Gasteiger partial charge >= 0.3 is 0 Å². The highest BCUT2D eigenvalue weighted by Crippen LogP contribution is 2.42. The summed E-state index contributed by atoms with van der Waals surface area (Å²) in [6, 6.07) is 30.0. The van der Waals surface area contributed by atoms with Gasteiger partial charge < -0.3 is 0 Å². The third-order valence-electron chi connectivity index (χ3n) is 12.6. The molecule has 360 valence electrons. The zero-order chi connectivity index (χ0) is 48.2. The normalized spacial score (nSPS) is 11.2. The Morgan fingerprint density at radius 2 is 0.493 bits per heavy atom. The van der Waals surface area contributed by atoms with Crippen LogP contribution in [0.25, 0.3) is 0 Å². The second kappa shape index (κ2) is 26.3. The van der Waals surface area contributed by atoms with Crippen molar-refractivity contribution in [2.45, 2.75) is 157 Å². The summed E-state index contributed by atoms with van der Waals surface area (Å²) < 4.78 is 0. The van der Waals surface area contributed by atoms with Crippen molar-refractivity contribution >= 4 is 52.2 Å². The fourth-order valence-electron chi connectivity index (χ4n) is 8.40. The molecule has 7 rings (SSSR count). The molecule has 0 aliphatic rings. The lowest BCUT2D eigenvalue weighted by Crippen LogP contribution is -2.21. The molecule has 0 spiro atoms. The van der Waals surface area contributed by atoms with Crippen LogP contribution in [0.3, 0.4) is 0 Å². The van der Waals surface area contributed by atoms with Crippen molar-refractivity contribution in [2.75, 3.05) is 14.7 Å². The molecule has 0 unspecified atom stereocenters. The van der Waals surface area contributed by atoms with Crippen molar-refractivity contribution < 1.29 is 0 Å². The topological polar surface area (TPSA) is 100.0 Å². The van der Waals surface area contributed by atoms with Crippen LogP contribution in [0, 0.1) is 0 Å². The van der Waals surface area contributed by atoms with E-state index in [0.29, 0.717) is 34.9 Å². The number of unbranched alkanes of at least 4 members (excludes halogenated alkanes) is 6. The van der Waals surface area contributed by atoms with E-state index >= 15 is 0 Å². The van der Waals surface area contributed by atoms with Crippen LogP contribution < -0.4 is 14.7 Å². The molecule has 0 saturated carbocycles. The smallest absolute Gasteiger partial charge is 0.144 e. The van der Waals surface area contributed by atoms with Gasteiger partial charge in [-0.3, -0.25) is 14.7 Å². The first kappa shape index (κ1) is 50.3. The summed E-state index contributed by atoms with van der Waals surface area (Å²) in [6.07, 6.45) is 31.2. The van der Waals surface area contributed by atoms with Crippen LogP contribution in [-0.4, -0.2) is 34.9 Å². The fourth-order valence-corrected chi connectivity index (χ4v) is 8.40. The Bertz CT molecular complexity index is 2110. The van der Waals surface area contributed by atoms with Crippen molar-refractivity contribution in [2.24, 2.45) is 0 Å². The minimum Gasteiger partial charge on any atom is -0.279 e. The molecule has 0 saturated heterocycles. The quantitative estimate of drug-likeness (QED) is 0.0496. The maximum absolute atomic E-state index is 5.62. The molecule has 0 bridgehead atoms. The van der Waals surface area contributed by atoms with Gasteiger partial charge in [0.05, 0.1) is 5.69 Å². The SMILES string of the molecule is CCCCc1ccc(N(c2cc(N(c3ccc(CCCC)cn3)c3ccc(CCCC)cn3)nc(N(c3ccc(CCCC)cn3)c3ccc(CCCC)cn3)c2)c2ccc(CCCC)cn2)nc1. The monoisotopic (exact) mass is 923 g/mol. The van der Waals surface area contributed by atoms with Crippen molar-refractivity contribution in [3.05, 3.63) is 155 Å². The average molecular weight is 923 g/mol. The van der Waals surface area contributed by atoms with E-state index in [4.69, 9.17) is 34.9 Å². The van der Waals surface area contributed by atoms with E-state index in [1.807, 2.05) is 37.2 Å². The Labute approximate surface area is 412 Å². The summed E-state index contributed by atoms with van der Waals surface area (Å²) in [6.45, 7) is 13.3. The van der Waals surface area contributed by atoms with Gasteiger partial charge in [-0.05, 0) is 147 Å². The van der Waals surface area contributed by atoms with Gasteiger partial charge in [-0.25, -0.2) is 34.9 Å². The molecular weight excluding hydrogens is 849 g/mol. The molecule has 0 radical (unpaired) electrons. The third-order valence-corrected chi connectivity index (χ3v) is 12.6. The van der Waals surface area contributed by atoms with Crippen LogP contribution in [0.15, 0.2) is 122 Å². The number of anilines is 9. The number of hydrogen-bond donors (Lipinski definition) is 0. The van der Waals surface area contributed by atoms with Crippen LogP contribution in [0.2, 0.25) is 0 Å². The Morgan fingerprint density at radius 3 is 0.681 bits per heavy atom. The van der Waals surface area contributed by atoms with Gasteiger partial charge in [0.2, 0.25) is 0 Å². The van der Waals surface area contributed by atoms with Crippen LogP contribution in [0.1, 0.15) is 152 Å². The molecule has 0 aliphatic heterocycles. The second-order valence-corrected chi connectivity index (χ2v) is 18.3. The molecule has 0 amide bonds. The zero-order valence-corrected chi connectivity index (χ0v) is 42.2. The fraction of sp³-hybridized carbons (Fsp3) is 0.407. The molecule has 69 heavy (non-hydrogen) atoms. The highest BCUT2D eigenvalue weighted by molar-refractivity contribution is 5.82. The predicted molar refractivity (Wildman–Crippen MR) is 287 cm³/mol. The van der Waals surface area contributed by atoms with Crippen molar-refractivity contribution in [1.29, 1.82) is 0 Å². The van der Waals surface area contributed by atoms with Crippen molar-refractivity contribution in [3.8, 4) is 0 Å². The minimum atomic E-state index is 0.624. The largest absolute Gasteiger partial charge is 0.279 e. The van der Waals surface area contributed by atoms with Gasteiger partial charge in [-0.15, -0.1) is 0 Å². The van der Waals surface area contributed by atoms with Crippen LogP contribution in [0.4, 0.5) is 52.2 Å². The molecule has 0 N–H and O–H groups in total. The number of hydrogen-bond acceptors (Lipinski definition) is 10. The lowest BCUT2D eigenvalue weighted by molar-refractivity contribution is 0.791. The highest BCUT2D eigenvalue weighted by atomic mass is 15.3. The predicted octanol–water partition coefficient (Wildman–Crippen LogP) is 15.9. The molecule has 10 nitrogen and oxygen atoms in total. The van der Waals surface area contributed by atoms with E-state index in [1.165, 1.54) is 33.4 Å². The highest BCUT2D eigenvalue weighted by Gasteiger charge is 2.26. The molecule has 10 heteroatoms. The number of rotatable bonds is 27. The van der Waals surface area contributed by atoms with E-state index in [9.17, 15) is 0 Å². The Kier molecular flexibility index (Phi) is 19.2. The van der Waals surface area contributed by atoms with Crippen LogP contribution in [-0.2, 0) is 38.5 Å². The van der Waals surface area contributed by atoms with E-state index in [-0.39, 0.29) is 0 Å².